The van der Waals surface area contributed by atoms with Gasteiger partial charge in [0.2, 0.25) is 5.91 Å². The Bertz CT molecular complexity index is 722. The average molecular weight is 354 g/mol. The summed E-state index contributed by atoms with van der Waals surface area (Å²) in [6.45, 7) is 1.45. The molecule has 2 rings (SSSR count). The highest BCUT2D eigenvalue weighted by Gasteiger charge is 2.04. The predicted molar refractivity (Wildman–Crippen MR) is 97.1 cm³/mol. The Labute approximate surface area is 143 Å². The third-order valence-corrected chi connectivity index (χ3v) is 3.37. The van der Waals surface area contributed by atoms with Gasteiger partial charge in [0.15, 0.2) is 5.11 Å². The highest BCUT2D eigenvalue weighted by atomic mass is 35.5. The van der Waals surface area contributed by atoms with Gasteiger partial charge in [-0.05, 0) is 48.6 Å². The van der Waals surface area contributed by atoms with Crippen molar-refractivity contribution in [2.45, 2.75) is 6.92 Å². The maximum Gasteiger partial charge on any atom is 0.221 e. The molecule has 0 atom stereocenters. The summed E-state index contributed by atoms with van der Waals surface area (Å²) < 4.78 is 0. The van der Waals surface area contributed by atoms with Gasteiger partial charge in [0.25, 0.3) is 0 Å². The number of anilines is 3. The largest absolute Gasteiger partial charge is 0.332 e. The van der Waals surface area contributed by atoms with Crippen molar-refractivity contribution in [2.24, 2.45) is 0 Å². The molecule has 22 heavy (non-hydrogen) atoms. The van der Waals surface area contributed by atoms with E-state index in [0.717, 1.165) is 5.69 Å². The number of carbonyl (C=O) groups excluding carboxylic acids is 1. The van der Waals surface area contributed by atoms with Crippen molar-refractivity contribution in [1.82, 2.24) is 0 Å². The zero-order valence-electron chi connectivity index (χ0n) is 11.6. The summed E-state index contributed by atoms with van der Waals surface area (Å²) in [6, 6.07) is 12.3. The Morgan fingerprint density at radius 1 is 1.00 bits per heavy atom. The zero-order chi connectivity index (χ0) is 16.1. The van der Waals surface area contributed by atoms with Crippen molar-refractivity contribution in [1.29, 1.82) is 0 Å². The first-order valence-corrected chi connectivity index (χ1v) is 7.51. The minimum atomic E-state index is -0.134. The maximum absolute atomic E-state index is 11.1. The monoisotopic (exact) mass is 353 g/mol. The van der Waals surface area contributed by atoms with Crippen LogP contribution in [0, 0.1) is 0 Å². The van der Waals surface area contributed by atoms with Crippen LogP contribution in [0.4, 0.5) is 17.1 Å². The van der Waals surface area contributed by atoms with Crippen LogP contribution >= 0.6 is 35.4 Å². The normalized spacial score (nSPS) is 9.95. The van der Waals surface area contributed by atoms with E-state index in [1.54, 1.807) is 30.3 Å². The van der Waals surface area contributed by atoms with Crippen LogP contribution in [0.2, 0.25) is 10.0 Å². The van der Waals surface area contributed by atoms with Gasteiger partial charge in [0.05, 0.1) is 10.7 Å². The number of thiocarbonyl (C=S) groups is 1. The van der Waals surface area contributed by atoms with E-state index in [0.29, 0.717) is 26.5 Å². The number of carbonyl (C=O) groups is 1. The third kappa shape index (κ3) is 4.87. The van der Waals surface area contributed by atoms with Gasteiger partial charge < -0.3 is 16.0 Å². The average Bonchev–Trinajstić information content (AvgIpc) is 2.41. The van der Waals surface area contributed by atoms with E-state index in [1.165, 1.54) is 6.92 Å². The molecule has 0 unspecified atom stereocenters. The molecule has 1 amide bonds. The maximum atomic E-state index is 11.1. The molecule has 7 heteroatoms. The van der Waals surface area contributed by atoms with Crippen LogP contribution in [0.25, 0.3) is 0 Å². The zero-order valence-corrected chi connectivity index (χ0v) is 13.9. The molecule has 0 radical (unpaired) electrons. The van der Waals surface area contributed by atoms with E-state index in [4.69, 9.17) is 35.4 Å². The number of rotatable bonds is 3. The number of halogens is 2. The van der Waals surface area contributed by atoms with Crippen molar-refractivity contribution < 1.29 is 4.79 Å². The van der Waals surface area contributed by atoms with Crippen molar-refractivity contribution in [2.75, 3.05) is 16.0 Å². The molecule has 2 aromatic rings. The van der Waals surface area contributed by atoms with Crippen molar-refractivity contribution in [3.63, 3.8) is 0 Å². The lowest BCUT2D eigenvalue weighted by molar-refractivity contribution is -0.114. The second-order valence-electron chi connectivity index (χ2n) is 4.47. The second kappa shape index (κ2) is 7.45. The molecule has 0 fully saturated rings. The van der Waals surface area contributed by atoms with Crippen LogP contribution < -0.4 is 16.0 Å². The Morgan fingerprint density at radius 2 is 1.68 bits per heavy atom. The van der Waals surface area contributed by atoms with E-state index in [9.17, 15) is 4.79 Å². The molecule has 0 aliphatic heterocycles. The molecule has 2 aromatic carbocycles. The molecule has 0 aliphatic rings. The fraction of sp³-hybridized carbons (Fsp3) is 0.0667. The van der Waals surface area contributed by atoms with Gasteiger partial charge in [-0.2, -0.15) is 0 Å². The first-order valence-electron chi connectivity index (χ1n) is 6.35. The summed E-state index contributed by atoms with van der Waals surface area (Å²) >= 11 is 17.2. The van der Waals surface area contributed by atoms with Crippen molar-refractivity contribution >= 4 is 63.5 Å². The van der Waals surface area contributed by atoms with Gasteiger partial charge in [0.1, 0.15) is 0 Å². The molecule has 0 saturated heterocycles. The van der Waals surface area contributed by atoms with Gasteiger partial charge in [-0.1, -0.05) is 29.3 Å². The van der Waals surface area contributed by atoms with Gasteiger partial charge in [0, 0.05) is 23.3 Å². The lowest BCUT2D eigenvalue weighted by Crippen LogP contribution is -2.19. The van der Waals surface area contributed by atoms with Crippen LogP contribution in [-0.2, 0) is 4.79 Å². The smallest absolute Gasteiger partial charge is 0.221 e. The molecule has 3 N–H and O–H groups in total. The molecule has 0 aliphatic carbocycles. The Morgan fingerprint density at radius 3 is 2.32 bits per heavy atom. The third-order valence-electron chi connectivity index (χ3n) is 2.62. The number of hydrogen-bond acceptors (Lipinski definition) is 2. The summed E-state index contributed by atoms with van der Waals surface area (Å²) in [7, 11) is 0. The van der Waals surface area contributed by atoms with E-state index in [-0.39, 0.29) is 5.91 Å². The second-order valence-corrected chi connectivity index (χ2v) is 5.72. The van der Waals surface area contributed by atoms with Gasteiger partial charge in [-0.25, -0.2) is 0 Å². The van der Waals surface area contributed by atoms with Gasteiger partial charge in [-0.15, -0.1) is 0 Å². The fourth-order valence-electron chi connectivity index (χ4n) is 1.75. The van der Waals surface area contributed by atoms with E-state index >= 15 is 0 Å². The molecular formula is C15H13Cl2N3OS. The highest BCUT2D eigenvalue weighted by molar-refractivity contribution is 7.80. The van der Waals surface area contributed by atoms with Crippen molar-refractivity contribution in [3.05, 3.63) is 52.5 Å². The van der Waals surface area contributed by atoms with Crippen LogP contribution in [0.1, 0.15) is 6.92 Å². The lowest BCUT2D eigenvalue weighted by atomic mass is 10.2. The van der Waals surface area contributed by atoms with Crippen molar-refractivity contribution in [3.8, 4) is 0 Å². The number of nitrogens with one attached hydrogen (secondary N) is 3. The molecule has 114 valence electrons. The first kappa shape index (κ1) is 16.5. The Hall–Kier alpha value is -1.82. The molecule has 0 saturated carbocycles. The summed E-state index contributed by atoms with van der Waals surface area (Å²) in [4.78, 5) is 11.1. The van der Waals surface area contributed by atoms with Gasteiger partial charge in [-0.3, -0.25) is 4.79 Å². The Kier molecular flexibility index (Phi) is 5.60. The Balaban J connectivity index is 2.04. The van der Waals surface area contributed by atoms with E-state index < -0.39 is 0 Å². The summed E-state index contributed by atoms with van der Waals surface area (Å²) in [5, 5.41) is 10.1. The number of hydrogen-bond donors (Lipinski definition) is 3. The quantitative estimate of drug-likeness (QED) is 0.696. The summed E-state index contributed by atoms with van der Waals surface area (Å²) in [5.74, 6) is -0.134. The number of amides is 1. The standard InChI is InChI=1S/C15H13Cl2N3OS/c1-9(21)18-11-3-2-4-12(8-11)19-15(22)20-14-6-5-10(16)7-13(14)17/h2-8H,1H3,(H,18,21)(H2,19,20,22). The molecule has 0 aromatic heterocycles. The molecular weight excluding hydrogens is 341 g/mol. The van der Waals surface area contributed by atoms with E-state index in [1.807, 2.05) is 12.1 Å². The minimum Gasteiger partial charge on any atom is -0.332 e. The predicted octanol–water partition coefficient (Wildman–Crippen LogP) is 4.76. The van der Waals surface area contributed by atoms with Gasteiger partial charge >= 0.3 is 0 Å². The molecule has 0 bridgehead atoms. The summed E-state index contributed by atoms with van der Waals surface area (Å²) in [5.41, 5.74) is 2.08. The van der Waals surface area contributed by atoms with E-state index in [2.05, 4.69) is 16.0 Å². The van der Waals surface area contributed by atoms with Crippen LogP contribution in [0.15, 0.2) is 42.5 Å². The van der Waals surface area contributed by atoms with Crippen LogP contribution in [-0.4, -0.2) is 11.0 Å². The first-order chi connectivity index (χ1) is 10.4. The molecule has 0 spiro atoms. The molecule has 0 heterocycles. The lowest BCUT2D eigenvalue weighted by Gasteiger charge is -2.13. The minimum absolute atomic E-state index is 0.134. The highest BCUT2D eigenvalue weighted by Crippen LogP contribution is 2.25. The molecule has 4 nitrogen and oxygen atoms in total. The fourth-order valence-corrected chi connectivity index (χ4v) is 2.44. The number of benzene rings is 2. The topological polar surface area (TPSA) is 53.2 Å². The summed E-state index contributed by atoms with van der Waals surface area (Å²) in [6.07, 6.45) is 0. The van der Waals surface area contributed by atoms with Crippen LogP contribution in [0.3, 0.4) is 0 Å². The van der Waals surface area contributed by atoms with Crippen LogP contribution in [0.5, 0.6) is 0 Å². The SMILES string of the molecule is CC(=O)Nc1cccc(NC(=S)Nc2ccc(Cl)cc2Cl)c1.